The first-order chi connectivity index (χ1) is 7.65. The van der Waals surface area contributed by atoms with Crippen LogP contribution in [0.3, 0.4) is 0 Å². The van der Waals surface area contributed by atoms with E-state index in [4.69, 9.17) is 0 Å². The molecule has 1 aliphatic heterocycles. The van der Waals surface area contributed by atoms with Gasteiger partial charge in [0.2, 0.25) is 5.91 Å². The summed E-state index contributed by atoms with van der Waals surface area (Å²) in [7, 11) is 0. The molecule has 1 atom stereocenters. The van der Waals surface area contributed by atoms with Crippen molar-refractivity contribution in [1.82, 2.24) is 14.7 Å². The molecular weight excluding hydrogens is 321 g/mol. The fraction of sp³-hybridized carbons (Fsp3) is 0.600. The molecule has 88 valence electrons. The molecule has 2 rings (SSSR count). The van der Waals surface area contributed by atoms with Gasteiger partial charge in [-0.05, 0) is 35.4 Å². The Morgan fingerprint density at radius 3 is 3.12 bits per heavy atom. The molecule has 1 aliphatic rings. The van der Waals surface area contributed by atoms with E-state index in [-0.39, 0.29) is 18.6 Å². The largest absolute Gasteiger partial charge is 0.391 e. The van der Waals surface area contributed by atoms with Crippen LogP contribution >= 0.6 is 22.6 Å². The summed E-state index contributed by atoms with van der Waals surface area (Å²) < 4.78 is 2.65. The first kappa shape index (κ1) is 11.8. The molecule has 6 heteroatoms. The third-order valence-electron chi connectivity index (χ3n) is 2.65. The summed E-state index contributed by atoms with van der Waals surface area (Å²) in [4.78, 5) is 13.6. The number of carbonyl (C=O) groups is 1. The zero-order chi connectivity index (χ0) is 11.5. The fourth-order valence-electron chi connectivity index (χ4n) is 1.84. The van der Waals surface area contributed by atoms with E-state index in [0.717, 1.165) is 23.0 Å². The Kier molecular flexibility index (Phi) is 3.80. The van der Waals surface area contributed by atoms with E-state index >= 15 is 0 Å². The van der Waals surface area contributed by atoms with Gasteiger partial charge >= 0.3 is 0 Å². The third kappa shape index (κ3) is 2.94. The summed E-state index contributed by atoms with van der Waals surface area (Å²) in [6, 6.07) is 0. The highest BCUT2D eigenvalue weighted by Crippen LogP contribution is 2.10. The molecule has 0 aliphatic carbocycles. The van der Waals surface area contributed by atoms with Gasteiger partial charge in [0.05, 0.1) is 15.9 Å². The van der Waals surface area contributed by atoms with Crippen LogP contribution in [-0.4, -0.2) is 44.9 Å². The van der Waals surface area contributed by atoms with Gasteiger partial charge in [0.1, 0.15) is 6.54 Å². The molecule has 0 saturated carbocycles. The average Bonchev–Trinajstić information content (AvgIpc) is 2.64. The Balaban J connectivity index is 1.92. The van der Waals surface area contributed by atoms with E-state index in [1.807, 2.05) is 6.20 Å². The maximum atomic E-state index is 11.9. The lowest BCUT2D eigenvalue weighted by molar-refractivity contribution is -0.135. The van der Waals surface area contributed by atoms with E-state index in [1.54, 1.807) is 15.8 Å². The van der Waals surface area contributed by atoms with Gasteiger partial charge in [0.25, 0.3) is 0 Å². The van der Waals surface area contributed by atoms with Crippen LogP contribution in [0.5, 0.6) is 0 Å². The van der Waals surface area contributed by atoms with Crippen molar-refractivity contribution in [2.45, 2.75) is 25.5 Å². The van der Waals surface area contributed by atoms with Crippen LogP contribution in [-0.2, 0) is 11.3 Å². The van der Waals surface area contributed by atoms with Crippen LogP contribution in [0.25, 0.3) is 0 Å². The van der Waals surface area contributed by atoms with Gasteiger partial charge in [-0.15, -0.1) is 0 Å². The van der Waals surface area contributed by atoms with Crippen LogP contribution in [0.4, 0.5) is 0 Å². The lowest BCUT2D eigenvalue weighted by Crippen LogP contribution is -2.43. The fourth-order valence-corrected chi connectivity index (χ4v) is 2.29. The summed E-state index contributed by atoms with van der Waals surface area (Å²) in [6.07, 6.45) is 4.86. The predicted octanol–water partition coefficient (Wildman–Crippen LogP) is 0.471. The number of hydrogen-bond donors (Lipinski definition) is 1. The zero-order valence-corrected chi connectivity index (χ0v) is 11.0. The Morgan fingerprint density at radius 1 is 1.69 bits per heavy atom. The van der Waals surface area contributed by atoms with E-state index < -0.39 is 0 Å². The number of hydrogen-bond acceptors (Lipinski definition) is 3. The van der Waals surface area contributed by atoms with E-state index in [0.29, 0.717) is 6.54 Å². The van der Waals surface area contributed by atoms with Gasteiger partial charge in [-0.25, -0.2) is 0 Å². The number of aromatic nitrogens is 2. The Labute approximate surface area is 108 Å². The number of β-amino-alcohol motifs (C(OH)–C–C–N with tert-alkyl or cyclic N) is 1. The third-order valence-corrected chi connectivity index (χ3v) is 3.21. The van der Waals surface area contributed by atoms with Crippen molar-refractivity contribution in [2.75, 3.05) is 13.1 Å². The van der Waals surface area contributed by atoms with E-state index in [9.17, 15) is 9.90 Å². The van der Waals surface area contributed by atoms with Crippen molar-refractivity contribution < 1.29 is 9.90 Å². The van der Waals surface area contributed by atoms with Gasteiger partial charge in [0, 0.05) is 19.3 Å². The number of amides is 1. The van der Waals surface area contributed by atoms with Crippen molar-refractivity contribution in [3.63, 3.8) is 0 Å². The van der Waals surface area contributed by atoms with Gasteiger partial charge < -0.3 is 10.0 Å². The van der Waals surface area contributed by atoms with Gasteiger partial charge in [-0.3, -0.25) is 9.48 Å². The minimum Gasteiger partial charge on any atom is -0.391 e. The number of likely N-dealkylation sites (tertiary alicyclic amines) is 1. The van der Waals surface area contributed by atoms with Gasteiger partial charge in [-0.1, -0.05) is 0 Å². The Morgan fingerprint density at radius 2 is 2.50 bits per heavy atom. The second kappa shape index (κ2) is 5.13. The molecule has 1 aromatic heterocycles. The summed E-state index contributed by atoms with van der Waals surface area (Å²) >= 11 is 2.16. The lowest BCUT2D eigenvalue weighted by Gasteiger charge is -2.30. The number of rotatable bonds is 2. The highest BCUT2D eigenvalue weighted by atomic mass is 127. The first-order valence-electron chi connectivity index (χ1n) is 5.29. The predicted molar refractivity (Wildman–Crippen MR) is 66.8 cm³/mol. The number of halogens is 1. The molecule has 16 heavy (non-hydrogen) atoms. The molecule has 2 heterocycles. The number of piperidine rings is 1. The Bertz CT molecular complexity index is 380. The maximum absolute atomic E-state index is 11.9. The van der Waals surface area contributed by atoms with Crippen LogP contribution in [0.15, 0.2) is 12.4 Å². The molecule has 1 unspecified atom stereocenters. The SMILES string of the molecule is O=C(Cn1cc(I)cn1)N1CCCC(O)C1. The zero-order valence-electron chi connectivity index (χ0n) is 8.84. The molecule has 5 nitrogen and oxygen atoms in total. The highest BCUT2D eigenvalue weighted by molar-refractivity contribution is 14.1. The number of aliphatic hydroxyl groups is 1. The molecule has 0 aromatic carbocycles. The molecule has 1 saturated heterocycles. The van der Waals surface area contributed by atoms with E-state index in [2.05, 4.69) is 27.7 Å². The normalized spacial score (nSPS) is 21.1. The highest BCUT2D eigenvalue weighted by Gasteiger charge is 2.22. The molecule has 0 radical (unpaired) electrons. The summed E-state index contributed by atoms with van der Waals surface area (Å²) in [5.74, 6) is 0.0262. The minimum absolute atomic E-state index is 0.0262. The average molecular weight is 335 g/mol. The Hall–Kier alpha value is -0.630. The van der Waals surface area contributed by atoms with Crippen molar-refractivity contribution >= 4 is 28.5 Å². The lowest BCUT2D eigenvalue weighted by atomic mass is 10.1. The molecule has 0 spiro atoms. The molecule has 1 aromatic rings. The summed E-state index contributed by atoms with van der Waals surface area (Å²) in [6.45, 7) is 1.46. The van der Waals surface area contributed by atoms with Crippen LogP contribution in [0.2, 0.25) is 0 Å². The van der Waals surface area contributed by atoms with Crippen molar-refractivity contribution in [3.05, 3.63) is 16.0 Å². The van der Waals surface area contributed by atoms with Crippen molar-refractivity contribution in [3.8, 4) is 0 Å². The quantitative estimate of drug-likeness (QED) is 0.800. The van der Waals surface area contributed by atoms with Gasteiger partial charge in [0.15, 0.2) is 0 Å². The summed E-state index contributed by atoms with van der Waals surface area (Å²) in [5.41, 5.74) is 0. The second-order valence-corrected chi connectivity index (χ2v) is 5.24. The number of nitrogens with zero attached hydrogens (tertiary/aromatic N) is 3. The number of aliphatic hydroxyl groups excluding tert-OH is 1. The molecule has 1 N–H and O–H groups in total. The van der Waals surface area contributed by atoms with Gasteiger partial charge in [-0.2, -0.15) is 5.10 Å². The smallest absolute Gasteiger partial charge is 0.244 e. The monoisotopic (exact) mass is 335 g/mol. The van der Waals surface area contributed by atoms with E-state index in [1.165, 1.54) is 0 Å². The minimum atomic E-state index is -0.365. The van der Waals surface area contributed by atoms with Crippen LogP contribution < -0.4 is 0 Å². The molecular formula is C10H14IN3O2. The second-order valence-electron chi connectivity index (χ2n) is 3.99. The van der Waals surface area contributed by atoms with Crippen molar-refractivity contribution in [1.29, 1.82) is 0 Å². The standard InChI is InChI=1S/C10H14IN3O2/c11-8-4-12-14(5-8)7-10(16)13-3-1-2-9(15)6-13/h4-5,9,15H,1-3,6-7H2. The maximum Gasteiger partial charge on any atom is 0.244 e. The molecule has 1 fully saturated rings. The first-order valence-corrected chi connectivity index (χ1v) is 6.37. The topological polar surface area (TPSA) is 58.4 Å². The number of carbonyl (C=O) groups excluding carboxylic acids is 1. The van der Waals surface area contributed by atoms with Crippen LogP contribution in [0, 0.1) is 3.57 Å². The molecule has 0 bridgehead atoms. The molecule has 1 amide bonds. The van der Waals surface area contributed by atoms with Crippen molar-refractivity contribution in [2.24, 2.45) is 0 Å². The van der Waals surface area contributed by atoms with Crippen LogP contribution in [0.1, 0.15) is 12.8 Å². The summed E-state index contributed by atoms with van der Waals surface area (Å²) in [5, 5.41) is 13.5.